The van der Waals surface area contributed by atoms with E-state index in [4.69, 9.17) is 4.74 Å². The molecule has 0 bridgehead atoms. The summed E-state index contributed by atoms with van der Waals surface area (Å²) in [5.41, 5.74) is 0. The van der Waals surface area contributed by atoms with Crippen molar-refractivity contribution in [2.45, 2.75) is 32.0 Å². The summed E-state index contributed by atoms with van der Waals surface area (Å²) in [6, 6.07) is -0.0244. The highest BCUT2D eigenvalue weighted by molar-refractivity contribution is 5.80. The van der Waals surface area contributed by atoms with Crippen molar-refractivity contribution >= 4 is 11.8 Å². The number of carbonyl (C=O) groups excluding carboxylic acids is 2. The average Bonchev–Trinajstić information content (AvgIpc) is 3.09. The summed E-state index contributed by atoms with van der Waals surface area (Å²) in [5, 5.41) is 0. The highest BCUT2D eigenvalue weighted by atomic mass is 16.5. The number of likely N-dealkylation sites (tertiary alicyclic amines) is 1. The lowest BCUT2D eigenvalue weighted by Gasteiger charge is -2.33. The van der Waals surface area contributed by atoms with Gasteiger partial charge in [-0.2, -0.15) is 0 Å². The van der Waals surface area contributed by atoms with Crippen LogP contribution >= 0.6 is 0 Å². The Morgan fingerprint density at radius 3 is 3.05 bits per heavy atom. The van der Waals surface area contributed by atoms with E-state index in [1.54, 1.807) is 23.0 Å². The Morgan fingerprint density at radius 1 is 1.48 bits per heavy atom. The molecular formula is C14H20N4O3. The molecule has 2 atom stereocenters. The van der Waals surface area contributed by atoms with E-state index in [9.17, 15) is 9.59 Å². The molecule has 1 aromatic rings. The number of imidazole rings is 1. The third-order valence-corrected chi connectivity index (χ3v) is 4.32. The number of ether oxygens (including phenoxy) is 1. The molecule has 2 fully saturated rings. The van der Waals surface area contributed by atoms with Gasteiger partial charge < -0.3 is 19.1 Å². The van der Waals surface area contributed by atoms with Crippen molar-refractivity contribution in [3.8, 4) is 0 Å². The number of amides is 2. The van der Waals surface area contributed by atoms with E-state index in [-0.39, 0.29) is 30.6 Å². The number of aromatic nitrogens is 2. The van der Waals surface area contributed by atoms with Crippen LogP contribution < -0.4 is 0 Å². The predicted molar refractivity (Wildman–Crippen MR) is 74.5 cm³/mol. The van der Waals surface area contributed by atoms with Crippen LogP contribution in [0.5, 0.6) is 0 Å². The Kier molecular flexibility index (Phi) is 3.67. The quantitative estimate of drug-likeness (QED) is 0.754. The summed E-state index contributed by atoms with van der Waals surface area (Å²) in [7, 11) is 1.78. The number of morpholine rings is 1. The lowest BCUT2D eigenvalue weighted by molar-refractivity contribution is -0.150. The summed E-state index contributed by atoms with van der Waals surface area (Å²) in [5.74, 6) is 0.929. The van der Waals surface area contributed by atoms with Gasteiger partial charge in [-0.05, 0) is 0 Å². The number of carbonyl (C=O) groups is 2. The maximum absolute atomic E-state index is 12.4. The molecule has 2 aliphatic heterocycles. The first-order valence-electron chi connectivity index (χ1n) is 7.25. The van der Waals surface area contributed by atoms with E-state index < -0.39 is 0 Å². The van der Waals surface area contributed by atoms with Crippen molar-refractivity contribution in [3.63, 3.8) is 0 Å². The molecule has 0 spiro atoms. The van der Waals surface area contributed by atoms with E-state index in [2.05, 4.69) is 4.98 Å². The van der Waals surface area contributed by atoms with Crippen LogP contribution in [0.25, 0.3) is 0 Å². The maximum Gasteiger partial charge on any atom is 0.248 e. The number of aryl methyl sites for hydroxylation is 1. The molecule has 0 aliphatic carbocycles. The summed E-state index contributed by atoms with van der Waals surface area (Å²) in [6.45, 7) is 3.52. The molecule has 114 valence electrons. The lowest BCUT2D eigenvalue weighted by atomic mass is 10.1. The van der Waals surface area contributed by atoms with Crippen LogP contribution in [-0.2, 0) is 27.3 Å². The summed E-state index contributed by atoms with van der Waals surface area (Å²) < 4.78 is 7.42. The Labute approximate surface area is 123 Å². The van der Waals surface area contributed by atoms with E-state index in [1.165, 1.54) is 0 Å². The Hall–Kier alpha value is -1.89. The van der Waals surface area contributed by atoms with Crippen molar-refractivity contribution < 1.29 is 14.3 Å². The van der Waals surface area contributed by atoms with Crippen LogP contribution in [-0.4, -0.2) is 70.1 Å². The highest BCUT2D eigenvalue weighted by Gasteiger charge is 2.42. The molecule has 7 heteroatoms. The Bertz CT molecular complexity index is 556. The standard InChI is InChI=1S/C14H20N4O3/c1-3-12-15-4-5-17(12)8-13(19)18-6-10-11(7-18)21-9-14(20)16(10)2/h4-5,10-11H,3,6-9H2,1-2H3/t10-,11-/m0/s1. The van der Waals surface area contributed by atoms with Crippen LogP contribution in [0.3, 0.4) is 0 Å². The van der Waals surface area contributed by atoms with Gasteiger partial charge >= 0.3 is 0 Å². The summed E-state index contributed by atoms with van der Waals surface area (Å²) >= 11 is 0. The average molecular weight is 292 g/mol. The molecular weight excluding hydrogens is 272 g/mol. The highest BCUT2D eigenvalue weighted by Crippen LogP contribution is 2.22. The number of rotatable bonds is 3. The number of hydrogen-bond donors (Lipinski definition) is 0. The van der Waals surface area contributed by atoms with E-state index >= 15 is 0 Å². The molecule has 3 heterocycles. The third kappa shape index (κ3) is 2.53. The zero-order valence-corrected chi connectivity index (χ0v) is 12.4. The van der Waals surface area contributed by atoms with Gasteiger partial charge in [0.2, 0.25) is 11.8 Å². The second-order valence-electron chi connectivity index (χ2n) is 5.55. The van der Waals surface area contributed by atoms with Gasteiger partial charge in [0.1, 0.15) is 19.0 Å². The van der Waals surface area contributed by atoms with Crippen molar-refractivity contribution in [3.05, 3.63) is 18.2 Å². The minimum Gasteiger partial charge on any atom is -0.364 e. The first-order valence-corrected chi connectivity index (χ1v) is 7.25. The first-order chi connectivity index (χ1) is 10.1. The first kappa shape index (κ1) is 14.1. The molecule has 1 aromatic heterocycles. The fraction of sp³-hybridized carbons (Fsp3) is 0.643. The van der Waals surface area contributed by atoms with Gasteiger partial charge in [-0.3, -0.25) is 9.59 Å². The lowest BCUT2D eigenvalue weighted by Crippen LogP contribution is -2.51. The topological polar surface area (TPSA) is 67.7 Å². The molecule has 7 nitrogen and oxygen atoms in total. The van der Waals surface area contributed by atoms with Crippen LogP contribution in [0.15, 0.2) is 12.4 Å². The smallest absolute Gasteiger partial charge is 0.248 e. The second-order valence-corrected chi connectivity index (χ2v) is 5.55. The van der Waals surface area contributed by atoms with E-state index in [0.29, 0.717) is 19.6 Å². The van der Waals surface area contributed by atoms with E-state index in [0.717, 1.165) is 12.2 Å². The molecule has 2 aliphatic rings. The minimum atomic E-state index is -0.0647. The largest absolute Gasteiger partial charge is 0.364 e. The zero-order valence-electron chi connectivity index (χ0n) is 12.4. The van der Waals surface area contributed by atoms with Gasteiger partial charge in [0.25, 0.3) is 0 Å². The number of hydrogen-bond acceptors (Lipinski definition) is 4. The number of nitrogens with zero attached hydrogens (tertiary/aromatic N) is 4. The number of fused-ring (bicyclic) bond motifs is 1. The van der Waals surface area contributed by atoms with Gasteiger partial charge in [-0.15, -0.1) is 0 Å². The molecule has 0 aromatic carbocycles. The second kappa shape index (κ2) is 5.48. The zero-order chi connectivity index (χ0) is 15.0. The fourth-order valence-electron chi connectivity index (χ4n) is 3.01. The SMILES string of the molecule is CCc1nccn1CC(=O)N1C[C@@H]2OCC(=O)N(C)[C@H]2C1. The summed E-state index contributed by atoms with van der Waals surface area (Å²) in [6.07, 6.45) is 4.27. The summed E-state index contributed by atoms with van der Waals surface area (Å²) in [4.78, 5) is 31.8. The van der Waals surface area contributed by atoms with Gasteiger partial charge in [0.15, 0.2) is 0 Å². The van der Waals surface area contributed by atoms with Crippen LogP contribution in [0.1, 0.15) is 12.7 Å². The predicted octanol–water partition coefficient (Wildman–Crippen LogP) is -0.486. The molecule has 0 radical (unpaired) electrons. The molecule has 3 rings (SSSR count). The van der Waals surface area contributed by atoms with Crippen molar-refractivity contribution in [2.24, 2.45) is 0 Å². The maximum atomic E-state index is 12.4. The monoisotopic (exact) mass is 292 g/mol. The molecule has 2 saturated heterocycles. The van der Waals surface area contributed by atoms with Crippen LogP contribution in [0.2, 0.25) is 0 Å². The van der Waals surface area contributed by atoms with Crippen LogP contribution in [0, 0.1) is 0 Å². The molecule has 2 amide bonds. The van der Waals surface area contributed by atoms with Crippen molar-refractivity contribution in [2.75, 3.05) is 26.7 Å². The molecule has 21 heavy (non-hydrogen) atoms. The van der Waals surface area contributed by atoms with E-state index in [1.807, 2.05) is 17.7 Å². The number of likely N-dealkylation sites (N-methyl/N-ethyl adjacent to an activating group) is 1. The molecule has 0 N–H and O–H groups in total. The third-order valence-electron chi connectivity index (χ3n) is 4.32. The normalized spacial score (nSPS) is 25.3. The Balaban J connectivity index is 1.66. The van der Waals surface area contributed by atoms with Crippen molar-refractivity contribution in [1.82, 2.24) is 19.4 Å². The molecule has 0 saturated carbocycles. The van der Waals surface area contributed by atoms with Gasteiger partial charge in [0.05, 0.1) is 12.1 Å². The minimum absolute atomic E-state index is 0.0200. The van der Waals surface area contributed by atoms with Crippen LogP contribution in [0.4, 0.5) is 0 Å². The Morgan fingerprint density at radius 2 is 2.29 bits per heavy atom. The van der Waals surface area contributed by atoms with Gasteiger partial charge in [-0.1, -0.05) is 6.92 Å². The molecule has 0 unspecified atom stereocenters. The van der Waals surface area contributed by atoms with Crippen molar-refractivity contribution in [1.29, 1.82) is 0 Å². The van der Waals surface area contributed by atoms with Gasteiger partial charge in [0, 0.05) is 39.0 Å². The fourth-order valence-corrected chi connectivity index (χ4v) is 3.01. The van der Waals surface area contributed by atoms with Gasteiger partial charge in [-0.25, -0.2) is 4.98 Å².